The molecule has 0 aromatic carbocycles. The second-order valence-corrected chi connectivity index (χ2v) is 34.4. The molecule has 94 heavy (non-hydrogen) atoms. The van der Waals surface area contributed by atoms with Gasteiger partial charge in [-0.2, -0.15) is 0 Å². The van der Waals surface area contributed by atoms with E-state index in [1.165, 1.54) is 0 Å². The minimum Gasteiger partial charge on any atom is -0.396 e. The van der Waals surface area contributed by atoms with E-state index in [9.17, 15) is 109 Å². The third-order valence-electron chi connectivity index (χ3n) is 9.69. The summed E-state index contributed by atoms with van der Waals surface area (Å²) in [5.74, 6) is -1.97. The van der Waals surface area contributed by atoms with Crippen LogP contribution < -0.4 is 0 Å². The molecule has 0 heterocycles. The second kappa shape index (κ2) is 46.9. The predicted molar refractivity (Wildman–Crippen MR) is 305 cm³/mol. The van der Waals surface area contributed by atoms with E-state index in [0.29, 0.717) is 6.42 Å². The molecule has 0 saturated carbocycles. The molecule has 0 bridgehead atoms. The van der Waals surface area contributed by atoms with Crippen molar-refractivity contribution in [2.45, 2.75) is 40.0 Å². The molecule has 0 rings (SSSR count). The Bertz CT molecular complexity index is 2730. The van der Waals surface area contributed by atoms with Crippen LogP contribution in [-0.4, -0.2) is 227 Å². The fraction of sp³-hybridized carbons (Fsp3) is 1.00. The van der Waals surface area contributed by atoms with Crippen LogP contribution in [0.25, 0.3) is 0 Å². The Morgan fingerprint density at radius 3 is 0.436 bits per heavy atom. The highest BCUT2D eigenvalue weighted by Crippen LogP contribution is 2.52. The minimum atomic E-state index is -5.01. The van der Waals surface area contributed by atoms with Gasteiger partial charge in [-0.3, -0.25) is 104 Å². The summed E-state index contributed by atoms with van der Waals surface area (Å²) in [6, 6.07) is 0. The Hall–Kier alpha value is 1.28. The van der Waals surface area contributed by atoms with E-state index >= 15 is 0 Å². The monoisotopic (exact) mass is 1630 g/mol. The molecule has 14 atom stereocenters. The van der Waals surface area contributed by atoms with E-state index in [2.05, 4.69) is 90.5 Å². The van der Waals surface area contributed by atoms with Crippen molar-refractivity contribution >= 4 is 93.9 Å². The third kappa shape index (κ3) is 54.9. The van der Waals surface area contributed by atoms with Crippen LogP contribution in [0.15, 0.2) is 0 Å². The van der Waals surface area contributed by atoms with Crippen LogP contribution in [0.3, 0.4) is 0 Å². The molecule has 14 N–H and O–H groups in total. The number of rotatable bonds is 64. The van der Waals surface area contributed by atoms with Gasteiger partial charge in [-0.25, -0.2) is 54.8 Å². The van der Waals surface area contributed by atoms with Crippen LogP contribution in [0.5, 0.6) is 0 Å². The third-order valence-corrected chi connectivity index (χ3v) is 21.2. The quantitative estimate of drug-likeness (QED) is 0.0305. The first-order valence-electron chi connectivity index (χ1n) is 26.2. The molecule has 0 saturated heterocycles. The Balaban J connectivity index is 4.34. The Morgan fingerprint density at radius 1 is 0.202 bits per heavy atom. The van der Waals surface area contributed by atoms with E-state index in [0.717, 1.165) is 0 Å². The molecule has 0 aliphatic carbocycles. The van der Waals surface area contributed by atoms with Crippen LogP contribution in [0.1, 0.15) is 40.0 Å². The zero-order chi connectivity index (χ0) is 72.1. The molecule has 14 unspecified atom stereocenters. The zero-order valence-corrected chi connectivity index (χ0v) is 60.5. The number of phosphoric acid groups is 12. The fourth-order valence-electron chi connectivity index (χ4n) is 5.03. The lowest BCUT2D eigenvalue weighted by atomic mass is 10.1. The van der Waals surface area contributed by atoms with Crippen molar-refractivity contribution in [2.24, 2.45) is 17.8 Å². The van der Waals surface area contributed by atoms with Gasteiger partial charge in [0.25, 0.3) is 0 Å². The van der Waals surface area contributed by atoms with Gasteiger partial charge in [0, 0.05) is 24.4 Å². The smallest absolute Gasteiger partial charge is 0.396 e. The van der Waals surface area contributed by atoms with Crippen molar-refractivity contribution in [1.82, 2.24) is 0 Å². The maximum atomic E-state index is 12.3. The lowest BCUT2D eigenvalue weighted by Gasteiger charge is -2.20. The standard InChI is InChI=1S/C33H80O49P12/c1-4-31(25-34)26-79-91(52,53)74-23-24-77-94(58,59)82-30-33(6-3)29-81-93(56,57)76-22-20-73-90(50,51)71-18-16-69-88(46,47)67-14-12-65-86(42,43)63-10-8-61-84(38,39)60-7-9-62-85(40,41)64-11-13-66-87(44,45)68-15-17-70-89(48,49)72-19-21-75-92(54,55)80-28-32(5-2)27-78-83(35,36)37/h31-34H,4-30H2,1-3H3,(H,38,39)(H,40,41)(H,42,43)(H,44,45)(H,46,47)(H,48,49)(H,50,51)(H,52,53)(H,54,55)(H,56,57)(H,58,59)(H2,35,36,37). The van der Waals surface area contributed by atoms with Crippen molar-refractivity contribution < 1.29 is 228 Å². The SMILES string of the molecule is CCC(CO)COP(=O)(O)OCCOP(=O)(O)OCC(CC)COP(=O)(O)OCCOP(=O)(O)OCCOP(=O)(O)OCCOP(=O)(O)OCCOP(=O)(O)OCCOP(=O)(O)OCCOP(=O)(O)OCCOP(=O)(O)OCCOP(=O)(O)OCC(CC)COP(=O)(O)O. The van der Waals surface area contributed by atoms with Crippen molar-refractivity contribution in [3.05, 3.63) is 0 Å². The van der Waals surface area contributed by atoms with Crippen LogP contribution >= 0.6 is 93.9 Å². The molecule has 0 aliphatic heterocycles. The van der Waals surface area contributed by atoms with Gasteiger partial charge in [-0.05, 0) is 19.3 Å². The average Bonchev–Trinajstić information content (AvgIpc) is 1.40. The summed E-state index contributed by atoms with van der Waals surface area (Å²) in [5, 5.41) is 9.13. The molecule has 0 aliphatic rings. The van der Waals surface area contributed by atoms with Crippen LogP contribution in [0.4, 0.5) is 0 Å². The Kier molecular flexibility index (Phi) is 47.5. The van der Waals surface area contributed by atoms with Gasteiger partial charge in [0.2, 0.25) is 0 Å². The lowest BCUT2D eigenvalue weighted by Crippen LogP contribution is -2.16. The molecule has 49 nitrogen and oxygen atoms in total. The van der Waals surface area contributed by atoms with Gasteiger partial charge in [0.15, 0.2) is 0 Å². The summed E-state index contributed by atoms with van der Waals surface area (Å²) in [7, 11) is -58.7. The first-order valence-corrected chi connectivity index (χ1v) is 44.2. The Labute approximate surface area is 536 Å². The molecule has 0 aromatic rings. The number of hydrogen-bond acceptors (Lipinski definition) is 36. The average molecular weight is 1630 g/mol. The summed E-state index contributed by atoms with van der Waals surface area (Å²) in [4.78, 5) is 125. The van der Waals surface area contributed by atoms with Crippen molar-refractivity contribution in [2.75, 3.05) is 159 Å². The second-order valence-electron chi connectivity index (χ2n) is 17.1. The summed E-state index contributed by atoms with van der Waals surface area (Å²) < 4.78 is 248. The van der Waals surface area contributed by atoms with E-state index in [-0.39, 0.29) is 26.1 Å². The van der Waals surface area contributed by atoms with Crippen molar-refractivity contribution in [3.8, 4) is 0 Å². The largest absolute Gasteiger partial charge is 0.472 e. The minimum absolute atomic E-state index is 0.150. The molecule has 0 fully saturated rings. The molecular formula is C33H80O49P12. The summed E-state index contributed by atoms with van der Waals surface area (Å²) >= 11 is 0. The summed E-state index contributed by atoms with van der Waals surface area (Å²) in [5.41, 5.74) is 0. The van der Waals surface area contributed by atoms with E-state index < -0.39 is 257 Å². The van der Waals surface area contributed by atoms with Crippen LogP contribution in [0.2, 0.25) is 0 Å². The van der Waals surface area contributed by atoms with Gasteiger partial charge in [0.05, 0.1) is 152 Å². The fourth-order valence-corrected chi connectivity index (χ4v) is 13.3. The molecular weight excluding hydrogens is 1550 g/mol. The molecule has 0 amide bonds. The molecule has 0 spiro atoms. The highest BCUT2D eigenvalue weighted by molar-refractivity contribution is 7.50. The maximum Gasteiger partial charge on any atom is 0.472 e. The maximum absolute atomic E-state index is 12.3. The first kappa shape index (κ1) is 95.3. The highest BCUT2D eigenvalue weighted by atomic mass is 31.2. The first-order chi connectivity index (χ1) is 43.1. The van der Waals surface area contributed by atoms with Gasteiger partial charge in [0.1, 0.15) is 0 Å². The molecule has 0 radical (unpaired) electrons. The van der Waals surface area contributed by atoms with E-state index in [1.54, 1.807) is 20.8 Å². The van der Waals surface area contributed by atoms with E-state index in [1.807, 2.05) is 0 Å². The number of hydrogen-bond donors (Lipinski definition) is 14. The van der Waals surface area contributed by atoms with Gasteiger partial charge in [-0.15, -0.1) is 0 Å². The predicted octanol–water partition coefficient (Wildman–Crippen LogP) is 3.64. The molecule has 0 aromatic heterocycles. The molecule has 61 heteroatoms. The number of aliphatic hydroxyl groups is 1. The summed E-state index contributed by atoms with van der Waals surface area (Å²) in [6.07, 6.45) is 0.807. The van der Waals surface area contributed by atoms with Crippen LogP contribution in [-0.2, 0) is 159 Å². The Morgan fingerprint density at radius 2 is 0.319 bits per heavy atom. The van der Waals surface area contributed by atoms with Crippen LogP contribution in [0, 0.1) is 17.8 Å². The van der Waals surface area contributed by atoms with Crippen molar-refractivity contribution in [1.29, 1.82) is 0 Å². The summed E-state index contributed by atoms with van der Waals surface area (Å²) in [6.45, 7) is -13.8. The normalized spacial score (nSPS) is 20.6. The van der Waals surface area contributed by atoms with Gasteiger partial charge < -0.3 is 68.7 Å². The highest BCUT2D eigenvalue weighted by Gasteiger charge is 2.33. The number of aliphatic hydroxyl groups excluding tert-OH is 1. The van der Waals surface area contributed by atoms with Crippen molar-refractivity contribution in [3.63, 3.8) is 0 Å². The van der Waals surface area contributed by atoms with Gasteiger partial charge in [-0.1, -0.05) is 20.8 Å². The zero-order valence-electron chi connectivity index (χ0n) is 49.7. The topological polar surface area (TPSA) is 700 Å². The van der Waals surface area contributed by atoms with Gasteiger partial charge >= 0.3 is 93.9 Å². The number of phosphoric ester groups is 12. The van der Waals surface area contributed by atoms with E-state index in [4.69, 9.17) is 28.5 Å². The lowest BCUT2D eigenvalue weighted by molar-refractivity contribution is 0.0676. The molecule has 566 valence electrons.